The van der Waals surface area contributed by atoms with Crippen molar-refractivity contribution in [2.75, 3.05) is 11.1 Å². The molecule has 2 heterocycles. The van der Waals surface area contributed by atoms with Crippen LogP contribution in [0.5, 0.6) is 0 Å². The molecular formula is C18H17N5O2S2. The van der Waals surface area contributed by atoms with Crippen molar-refractivity contribution in [2.45, 2.75) is 11.7 Å². The van der Waals surface area contributed by atoms with Crippen LogP contribution in [0.1, 0.15) is 10.4 Å². The highest BCUT2D eigenvalue weighted by atomic mass is 32.2. The fourth-order valence-corrected chi connectivity index (χ4v) is 3.79. The largest absolute Gasteiger partial charge is 0.366 e. The van der Waals surface area contributed by atoms with Crippen LogP contribution in [0, 0.1) is 0 Å². The number of anilines is 1. The van der Waals surface area contributed by atoms with Gasteiger partial charge < -0.3 is 11.1 Å². The van der Waals surface area contributed by atoms with Gasteiger partial charge in [0.05, 0.1) is 10.6 Å². The van der Waals surface area contributed by atoms with Gasteiger partial charge in [-0.2, -0.15) is 0 Å². The second-order valence-corrected chi connectivity index (χ2v) is 7.35. The molecule has 0 bridgehead atoms. The molecule has 0 saturated heterocycles. The van der Waals surface area contributed by atoms with E-state index >= 15 is 0 Å². The van der Waals surface area contributed by atoms with Gasteiger partial charge in [-0.3, -0.25) is 14.2 Å². The number of aromatic nitrogens is 3. The Morgan fingerprint density at radius 1 is 1.26 bits per heavy atom. The average Bonchev–Trinajstić information content (AvgIpc) is 3.30. The van der Waals surface area contributed by atoms with Gasteiger partial charge in [0.2, 0.25) is 11.8 Å². The van der Waals surface area contributed by atoms with E-state index in [2.05, 4.69) is 22.1 Å². The minimum atomic E-state index is -0.508. The highest BCUT2D eigenvalue weighted by Gasteiger charge is 2.15. The lowest BCUT2D eigenvalue weighted by Gasteiger charge is -2.07. The van der Waals surface area contributed by atoms with Gasteiger partial charge in [0.25, 0.3) is 0 Å². The molecule has 7 nitrogen and oxygen atoms in total. The third-order valence-corrected chi connectivity index (χ3v) is 5.39. The smallest absolute Gasteiger partial charge is 0.248 e. The number of allylic oxidation sites excluding steroid dienone is 1. The standard InChI is InChI=1S/C18H17N5O2S2/c1-2-9-23-17(14-4-3-10-26-14)21-22-18(23)27-11-15(24)20-13-7-5-12(6-8-13)16(19)25/h2-8,10H,1,9,11H2,(H2,19,25)(H,20,24). The number of nitrogens with two attached hydrogens (primary N) is 1. The van der Waals surface area contributed by atoms with Crippen LogP contribution in [0.15, 0.2) is 59.6 Å². The van der Waals surface area contributed by atoms with Crippen molar-refractivity contribution in [1.29, 1.82) is 0 Å². The van der Waals surface area contributed by atoms with Crippen LogP contribution in [-0.2, 0) is 11.3 Å². The molecule has 0 radical (unpaired) electrons. The van der Waals surface area contributed by atoms with Crippen LogP contribution >= 0.6 is 23.1 Å². The monoisotopic (exact) mass is 399 g/mol. The van der Waals surface area contributed by atoms with Crippen molar-refractivity contribution in [3.05, 3.63) is 60.0 Å². The van der Waals surface area contributed by atoms with Gasteiger partial charge in [0.15, 0.2) is 11.0 Å². The number of nitrogens with one attached hydrogen (secondary N) is 1. The summed E-state index contributed by atoms with van der Waals surface area (Å²) >= 11 is 2.88. The topological polar surface area (TPSA) is 103 Å². The molecule has 3 rings (SSSR count). The molecule has 1 aromatic carbocycles. The Labute approximate surface area is 164 Å². The zero-order valence-electron chi connectivity index (χ0n) is 14.3. The Kier molecular flexibility index (Phi) is 6.05. The van der Waals surface area contributed by atoms with Gasteiger partial charge in [-0.1, -0.05) is 23.9 Å². The van der Waals surface area contributed by atoms with Crippen LogP contribution in [0.2, 0.25) is 0 Å². The van der Waals surface area contributed by atoms with E-state index in [1.165, 1.54) is 11.8 Å². The van der Waals surface area contributed by atoms with E-state index < -0.39 is 5.91 Å². The number of nitrogens with zero attached hydrogens (tertiary/aromatic N) is 3. The summed E-state index contributed by atoms with van der Waals surface area (Å²) in [6.45, 7) is 4.33. The van der Waals surface area contributed by atoms with Gasteiger partial charge in [-0.25, -0.2) is 0 Å². The first-order valence-corrected chi connectivity index (χ1v) is 9.85. The lowest BCUT2D eigenvalue weighted by Crippen LogP contribution is -2.15. The van der Waals surface area contributed by atoms with Crippen LogP contribution in [0.25, 0.3) is 10.7 Å². The van der Waals surface area contributed by atoms with Crippen LogP contribution < -0.4 is 11.1 Å². The van der Waals surface area contributed by atoms with Gasteiger partial charge in [0, 0.05) is 17.8 Å². The number of benzene rings is 1. The van der Waals surface area contributed by atoms with Crippen LogP contribution in [0.4, 0.5) is 5.69 Å². The quantitative estimate of drug-likeness (QED) is 0.448. The number of rotatable bonds is 8. The number of carbonyl (C=O) groups is 2. The first kappa shape index (κ1) is 18.9. The zero-order valence-corrected chi connectivity index (χ0v) is 15.9. The molecule has 9 heteroatoms. The third kappa shape index (κ3) is 4.63. The maximum atomic E-state index is 12.2. The summed E-state index contributed by atoms with van der Waals surface area (Å²) in [7, 11) is 0. The minimum absolute atomic E-state index is 0.178. The molecule has 0 aliphatic carbocycles. The Hall–Kier alpha value is -2.91. The number of thioether (sulfide) groups is 1. The van der Waals surface area contributed by atoms with Crippen molar-refractivity contribution < 1.29 is 9.59 Å². The summed E-state index contributed by atoms with van der Waals surface area (Å²) in [6.07, 6.45) is 1.77. The van der Waals surface area contributed by atoms with Crippen molar-refractivity contribution in [2.24, 2.45) is 5.73 Å². The second kappa shape index (κ2) is 8.65. The number of thiophene rings is 1. The average molecular weight is 400 g/mol. The third-order valence-electron chi connectivity index (χ3n) is 3.56. The summed E-state index contributed by atoms with van der Waals surface area (Å²) in [5, 5.41) is 13.9. The number of carbonyl (C=O) groups excluding carboxylic acids is 2. The van der Waals surface area contributed by atoms with Crippen molar-refractivity contribution in [3.8, 4) is 10.7 Å². The van der Waals surface area contributed by atoms with E-state index in [9.17, 15) is 9.59 Å². The van der Waals surface area contributed by atoms with Crippen molar-refractivity contribution >= 4 is 40.6 Å². The zero-order chi connectivity index (χ0) is 19.2. The van der Waals surface area contributed by atoms with Crippen molar-refractivity contribution in [1.82, 2.24) is 14.8 Å². The van der Waals surface area contributed by atoms with E-state index in [-0.39, 0.29) is 11.7 Å². The fourth-order valence-electron chi connectivity index (χ4n) is 2.32. The Bertz CT molecular complexity index is 949. The lowest BCUT2D eigenvalue weighted by molar-refractivity contribution is -0.113. The molecule has 3 aromatic rings. The predicted molar refractivity (Wildman–Crippen MR) is 108 cm³/mol. The number of hydrogen-bond donors (Lipinski definition) is 2. The molecule has 27 heavy (non-hydrogen) atoms. The lowest BCUT2D eigenvalue weighted by atomic mass is 10.2. The summed E-state index contributed by atoms with van der Waals surface area (Å²) < 4.78 is 1.93. The molecule has 0 saturated carbocycles. The molecule has 2 amide bonds. The normalized spacial score (nSPS) is 10.5. The number of amides is 2. The Morgan fingerprint density at radius 3 is 2.67 bits per heavy atom. The van der Waals surface area contributed by atoms with Gasteiger partial charge in [0.1, 0.15) is 0 Å². The van der Waals surface area contributed by atoms with Gasteiger partial charge in [-0.15, -0.1) is 28.1 Å². The first-order valence-electron chi connectivity index (χ1n) is 7.99. The summed E-state index contributed by atoms with van der Waals surface area (Å²) in [5.41, 5.74) is 6.19. The highest BCUT2D eigenvalue weighted by Crippen LogP contribution is 2.27. The van der Waals surface area contributed by atoms with E-state index in [1.807, 2.05) is 22.1 Å². The Morgan fingerprint density at radius 2 is 2.04 bits per heavy atom. The fraction of sp³-hybridized carbons (Fsp3) is 0.111. The molecule has 0 spiro atoms. The first-order chi connectivity index (χ1) is 13.1. The second-order valence-electron chi connectivity index (χ2n) is 5.46. The van der Waals surface area contributed by atoms with Crippen molar-refractivity contribution in [3.63, 3.8) is 0 Å². The Balaban J connectivity index is 1.64. The summed E-state index contributed by atoms with van der Waals surface area (Å²) in [6, 6.07) is 10.3. The molecule has 138 valence electrons. The summed E-state index contributed by atoms with van der Waals surface area (Å²) in [5.74, 6) is 0.246. The number of hydrogen-bond acceptors (Lipinski definition) is 6. The van der Waals surface area contributed by atoms with E-state index in [4.69, 9.17) is 5.73 Å². The highest BCUT2D eigenvalue weighted by molar-refractivity contribution is 7.99. The van der Waals surface area contributed by atoms with E-state index in [0.29, 0.717) is 23.0 Å². The molecule has 0 atom stereocenters. The maximum Gasteiger partial charge on any atom is 0.248 e. The molecule has 0 aliphatic heterocycles. The molecule has 2 aromatic heterocycles. The molecule has 3 N–H and O–H groups in total. The van der Waals surface area contributed by atoms with Gasteiger partial charge >= 0.3 is 0 Å². The van der Waals surface area contributed by atoms with E-state index in [0.717, 1.165) is 10.7 Å². The number of primary amides is 1. The maximum absolute atomic E-state index is 12.2. The van der Waals surface area contributed by atoms with Crippen LogP contribution in [-0.4, -0.2) is 32.3 Å². The van der Waals surface area contributed by atoms with E-state index in [1.54, 1.807) is 41.7 Å². The molecule has 0 unspecified atom stereocenters. The molecule has 0 aliphatic rings. The van der Waals surface area contributed by atoms with Crippen LogP contribution in [0.3, 0.4) is 0 Å². The minimum Gasteiger partial charge on any atom is -0.366 e. The van der Waals surface area contributed by atoms with Gasteiger partial charge in [-0.05, 0) is 35.7 Å². The predicted octanol–water partition coefficient (Wildman–Crippen LogP) is 3.02. The SMILES string of the molecule is C=CCn1c(SCC(=O)Nc2ccc(C(N)=O)cc2)nnc1-c1cccs1. The molecular weight excluding hydrogens is 382 g/mol. The molecule has 0 fully saturated rings. The summed E-state index contributed by atoms with van der Waals surface area (Å²) in [4.78, 5) is 24.3.